The molecule has 1 fully saturated rings. The molecule has 10 heteroatoms. The highest BCUT2D eigenvalue weighted by Gasteiger charge is 2.31. The number of sulfone groups is 1. The summed E-state index contributed by atoms with van der Waals surface area (Å²) in [5, 5.41) is 7.30. The van der Waals surface area contributed by atoms with Crippen molar-refractivity contribution in [1.29, 1.82) is 0 Å². The molecule has 1 aromatic heterocycles. The number of carbonyl (C=O) groups is 3. The molecule has 1 saturated heterocycles. The lowest BCUT2D eigenvalue weighted by Crippen LogP contribution is -2.52. The second kappa shape index (κ2) is 10.7. The van der Waals surface area contributed by atoms with Gasteiger partial charge in [-0.1, -0.05) is 36.4 Å². The van der Waals surface area contributed by atoms with Crippen LogP contribution in [0.15, 0.2) is 47.8 Å². The largest absolute Gasteiger partial charge is 0.351 e. The van der Waals surface area contributed by atoms with Crippen molar-refractivity contribution in [2.75, 3.05) is 24.6 Å². The Hall–Kier alpha value is -2.72. The molecule has 172 valence electrons. The van der Waals surface area contributed by atoms with Gasteiger partial charge in [0.15, 0.2) is 9.84 Å². The van der Waals surface area contributed by atoms with E-state index in [1.807, 2.05) is 30.3 Å². The van der Waals surface area contributed by atoms with Crippen LogP contribution in [-0.2, 0) is 25.8 Å². The zero-order valence-electron chi connectivity index (χ0n) is 17.8. The molecular weight excluding hydrogens is 450 g/mol. The minimum atomic E-state index is -3.12. The molecular formula is C22H27N3O5S2. The van der Waals surface area contributed by atoms with Gasteiger partial charge in [0.2, 0.25) is 11.8 Å². The lowest BCUT2D eigenvalue weighted by Gasteiger charge is -2.27. The van der Waals surface area contributed by atoms with Gasteiger partial charge in [0.1, 0.15) is 6.04 Å². The number of hydrogen-bond donors (Lipinski definition) is 2. The molecule has 0 bridgehead atoms. The number of nitrogens with zero attached hydrogens (tertiary/aromatic N) is 1. The summed E-state index contributed by atoms with van der Waals surface area (Å²) >= 11 is 1.28. The Morgan fingerprint density at radius 3 is 2.50 bits per heavy atom. The van der Waals surface area contributed by atoms with Crippen molar-refractivity contribution in [3.63, 3.8) is 0 Å². The van der Waals surface area contributed by atoms with Gasteiger partial charge in [-0.2, -0.15) is 0 Å². The predicted molar refractivity (Wildman–Crippen MR) is 123 cm³/mol. The summed E-state index contributed by atoms with van der Waals surface area (Å²) in [6.07, 6.45) is 0.664. The van der Waals surface area contributed by atoms with Gasteiger partial charge in [-0.25, -0.2) is 8.42 Å². The summed E-state index contributed by atoms with van der Waals surface area (Å²) in [7, 11) is -3.12. The highest BCUT2D eigenvalue weighted by molar-refractivity contribution is 7.91. The van der Waals surface area contributed by atoms with Gasteiger partial charge in [-0.3, -0.25) is 14.4 Å². The van der Waals surface area contributed by atoms with E-state index in [4.69, 9.17) is 0 Å². The van der Waals surface area contributed by atoms with E-state index in [2.05, 4.69) is 10.6 Å². The Labute approximate surface area is 191 Å². The van der Waals surface area contributed by atoms with Crippen LogP contribution in [0.3, 0.4) is 0 Å². The molecule has 8 nitrogen and oxygen atoms in total. The molecule has 0 aliphatic carbocycles. The van der Waals surface area contributed by atoms with E-state index in [0.29, 0.717) is 11.3 Å². The van der Waals surface area contributed by atoms with Crippen LogP contribution in [0, 0.1) is 0 Å². The fourth-order valence-electron chi connectivity index (χ4n) is 3.61. The highest BCUT2D eigenvalue weighted by atomic mass is 32.2. The van der Waals surface area contributed by atoms with Gasteiger partial charge in [0, 0.05) is 19.0 Å². The SMILES string of the molecule is CCN(CC(=O)N[C@H]1CCS(=O)(=O)C1)C(=O)[C@H](Cc1ccccc1)NC(=O)c1cccs1. The molecule has 2 heterocycles. The maximum atomic E-state index is 13.3. The van der Waals surface area contributed by atoms with Gasteiger partial charge in [-0.15, -0.1) is 11.3 Å². The normalized spacial score (nSPS) is 18.0. The van der Waals surface area contributed by atoms with Crippen molar-refractivity contribution in [2.24, 2.45) is 0 Å². The number of benzene rings is 1. The average molecular weight is 478 g/mol. The third-order valence-corrected chi connectivity index (χ3v) is 7.89. The third kappa shape index (κ3) is 6.64. The van der Waals surface area contributed by atoms with Crippen LogP contribution in [0.1, 0.15) is 28.6 Å². The quantitative estimate of drug-likeness (QED) is 0.564. The summed E-state index contributed by atoms with van der Waals surface area (Å²) in [5.74, 6) is -1.14. The van der Waals surface area contributed by atoms with Crippen molar-refractivity contribution >= 4 is 38.9 Å². The Bertz CT molecular complexity index is 1040. The molecule has 1 aliphatic rings. The Morgan fingerprint density at radius 1 is 1.16 bits per heavy atom. The second-order valence-corrected chi connectivity index (χ2v) is 10.9. The predicted octanol–water partition coefficient (Wildman–Crippen LogP) is 1.24. The molecule has 2 atom stereocenters. The Kier molecular flexibility index (Phi) is 8.03. The molecule has 3 amide bonds. The van der Waals surface area contributed by atoms with Crippen LogP contribution in [0.4, 0.5) is 0 Å². The molecule has 2 aromatic rings. The monoisotopic (exact) mass is 477 g/mol. The summed E-state index contributed by atoms with van der Waals surface area (Å²) in [4.78, 5) is 40.3. The van der Waals surface area contributed by atoms with Crippen LogP contribution < -0.4 is 10.6 Å². The second-order valence-electron chi connectivity index (χ2n) is 7.71. The maximum absolute atomic E-state index is 13.3. The van der Waals surface area contributed by atoms with Crippen LogP contribution in [0.2, 0.25) is 0 Å². The van der Waals surface area contributed by atoms with Crippen LogP contribution in [0.25, 0.3) is 0 Å². The summed E-state index contributed by atoms with van der Waals surface area (Å²) in [6, 6.07) is 11.5. The van der Waals surface area contributed by atoms with E-state index in [9.17, 15) is 22.8 Å². The number of rotatable bonds is 9. The molecule has 1 aromatic carbocycles. The number of nitrogens with one attached hydrogen (secondary N) is 2. The summed E-state index contributed by atoms with van der Waals surface area (Å²) in [5.41, 5.74) is 0.883. The number of hydrogen-bond acceptors (Lipinski definition) is 6. The lowest BCUT2D eigenvalue weighted by molar-refractivity contribution is -0.137. The van der Waals surface area contributed by atoms with E-state index in [0.717, 1.165) is 5.56 Å². The number of likely N-dealkylation sites (N-methyl/N-ethyl adjacent to an activating group) is 1. The minimum absolute atomic E-state index is 0.0578. The lowest BCUT2D eigenvalue weighted by atomic mass is 10.0. The van der Waals surface area contributed by atoms with Crippen molar-refractivity contribution in [3.8, 4) is 0 Å². The number of amides is 3. The van der Waals surface area contributed by atoms with E-state index < -0.39 is 27.8 Å². The van der Waals surface area contributed by atoms with Crippen molar-refractivity contribution < 1.29 is 22.8 Å². The first kappa shape index (κ1) is 23.9. The first-order chi connectivity index (χ1) is 15.3. The van der Waals surface area contributed by atoms with Gasteiger partial charge in [-0.05, 0) is 30.4 Å². The Morgan fingerprint density at radius 2 is 1.91 bits per heavy atom. The van der Waals surface area contributed by atoms with Gasteiger partial charge in [0.25, 0.3) is 5.91 Å². The highest BCUT2D eigenvalue weighted by Crippen LogP contribution is 2.13. The van der Waals surface area contributed by atoms with Gasteiger partial charge >= 0.3 is 0 Å². The first-order valence-corrected chi connectivity index (χ1v) is 13.1. The third-order valence-electron chi connectivity index (χ3n) is 5.26. The van der Waals surface area contributed by atoms with Crippen LogP contribution in [-0.4, -0.2) is 67.7 Å². The molecule has 2 N–H and O–H groups in total. The molecule has 1 aliphatic heterocycles. The standard InChI is InChI=1S/C22H27N3O5S2/c1-2-25(14-20(26)23-17-10-12-32(29,30)15-17)22(28)18(13-16-7-4-3-5-8-16)24-21(27)19-9-6-11-31-19/h3-9,11,17-18H,2,10,12-15H2,1H3,(H,23,26)(H,24,27)/t17-,18-/m0/s1. The minimum Gasteiger partial charge on any atom is -0.351 e. The van der Waals surface area contributed by atoms with Crippen molar-refractivity contribution in [1.82, 2.24) is 15.5 Å². The maximum Gasteiger partial charge on any atom is 0.262 e. The molecule has 0 saturated carbocycles. The molecule has 32 heavy (non-hydrogen) atoms. The average Bonchev–Trinajstić information content (AvgIpc) is 3.41. The topological polar surface area (TPSA) is 113 Å². The molecule has 0 unspecified atom stereocenters. The fraction of sp³-hybridized carbons (Fsp3) is 0.409. The van der Waals surface area contributed by atoms with Crippen molar-refractivity contribution in [3.05, 3.63) is 58.3 Å². The zero-order chi connectivity index (χ0) is 23.1. The fourth-order valence-corrected chi connectivity index (χ4v) is 5.91. The summed E-state index contributed by atoms with van der Waals surface area (Å²) < 4.78 is 23.2. The van der Waals surface area contributed by atoms with Gasteiger partial charge in [0.05, 0.1) is 22.9 Å². The van der Waals surface area contributed by atoms with E-state index in [1.54, 1.807) is 24.4 Å². The van der Waals surface area contributed by atoms with E-state index >= 15 is 0 Å². The smallest absolute Gasteiger partial charge is 0.262 e. The summed E-state index contributed by atoms with van der Waals surface area (Å²) in [6.45, 7) is 1.83. The first-order valence-electron chi connectivity index (χ1n) is 10.4. The number of thiophene rings is 1. The van der Waals surface area contributed by atoms with Gasteiger partial charge < -0.3 is 15.5 Å². The Balaban J connectivity index is 1.69. The van der Waals surface area contributed by atoms with Crippen molar-refractivity contribution in [2.45, 2.75) is 31.8 Å². The molecule has 3 rings (SSSR count). The molecule has 0 radical (unpaired) electrons. The van der Waals surface area contributed by atoms with Crippen LogP contribution >= 0.6 is 11.3 Å². The zero-order valence-corrected chi connectivity index (χ0v) is 19.5. The van der Waals surface area contributed by atoms with E-state index in [1.165, 1.54) is 16.2 Å². The van der Waals surface area contributed by atoms with Crippen LogP contribution in [0.5, 0.6) is 0 Å². The molecule has 0 spiro atoms. The van der Waals surface area contributed by atoms with E-state index in [-0.39, 0.29) is 42.8 Å². The number of carbonyl (C=O) groups excluding carboxylic acids is 3.